The number of ketones is 2. The quantitative estimate of drug-likeness (QED) is 0.157. The average Bonchev–Trinajstić information content (AvgIpc) is 3.47. The van der Waals surface area contributed by atoms with Gasteiger partial charge in [0, 0.05) is 35.6 Å². The average molecular weight is 586 g/mol. The maximum Gasteiger partial charge on any atom is 0.233 e. The topological polar surface area (TPSA) is 99.1 Å². The van der Waals surface area contributed by atoms with Crippen molar-refractivity contribution in [2.24, 2.45) is 0 Å². The van der Waals surface area contributed by atoms with Gasteiger partial charge in [-0.15, -0.1) is 0 Å². The van der Waals surface area contributed by atoms with E-state index in [9.17, 15) is 14.0 Å². The van der Waals surface area contributed by atoms with E-state index >= 15 is 0 Å². The number of halogens is 1. The van der Waals surface area contributed by atoms with Crippen molar-refractivity contribution in [2.75, 3.05) is 0 Å². The maximum atomic E-state index is 13.6. The zero-order chi connectivity index (χ0) is 30.4. The Labute approximate surface area is 252 Å². The molecule has 44 heavy (non-hydrogen) atoms. The number of furan rings is 1. The Kier molecular flexibility index (Phi) is 6.77. The highest BCUT2D eigenvalue weighted by Gasteiger charge is 2.51. The van der Waals surface area contributed by atoms with Gasteiger partial charge in [0.05, 0.1) is 11.0 Å². The summed E-state index contributed by atoms with van der Waals surface area (Å²) in [7, 11) is 0. The second-order valence-electron chi connectivity index (χ2n) is 11.3. The van der Waals surface area contributed by atoms with E-state index in [0.29, 0.717) is 57.2 Å². The summed E-state index contributed by atoms with van der Waals surface area (Å²) in [5.41, 5.74) is 5.15. The summed E-state index contributed by atoms with van der Waals surface area (Å²) in [4.78, 5) is 35.6. The van der Waals surface area contributed by atoms with Gasteiger partial charge in [-0.05, 0) is 91.1 Å². The second kappa shape index (κ2) is 10.8. The molecule has 0 N–H and O–H groups in total. The van der Waals surface area contributed by atoms with Crippen LogP contribution in [0.1, 0.15) is 64.8 Å². The summed E-state index contributed by atoms with van der Waals surface area (Å²) in [6, 6.07) is 22.8. The number of rotatable bonds is 9. The van der Waals surface area contributed by atoms with Crippen molar-refractivity contribution >= 4 is 22.5 Å². The molecule has 7 nitrogen and oxygen atoms in total. The van der Waals surface area contributed by atoms with Crippen molar-refractivity contribution in [2.45, 2.75) is 44.9 Å². The smallest absolute Gasteiger partial charge is 0.233 e. The number of hydrogen-bond donors (Lipinski definition) is 0. The van der Waals surface area contributed by atoms with E-state index in [1.807, 2.05) is 61.5 Å². The molecule has 218 valence electrons. The van der Waals surface area contributed by atoms with Gasteiger partial charge in [-0.1, -0.05) is 36.3 Å². The van der Waals surface area contributed by atoms with Gasteiger partial charge in [0.1, 0.15) is 22.9 Å². The standard InChI is InChI=1S/C36H28FN3O4/c1-3-29(41)32-27-18-23(11-14-31(27)43-33(32)22-9-12-25(37)13-10-22)26-19-24(8-7-21(26)2)30(42)20-36(15-16-36)35-39-34(40-44-35)28-6-4-5-17-38-28/h4-14,17-19H,3,15-16,20H2,1-2H3. The van der Waals surface area contributed by atoms with Gasteiger partial charge >= 0.3 is 0 Å². The van der Waals surface area contributed by atoms with Gasteiger partial charge < -0.3 is 8.94 Å². The van der Waals surface area contributed by atoms with Gasteiger partial charge in [-0.25, -0.2) is 4.39 Å². The van der Waals surface area contributed by atoms with Crippen LogP contribution in [0.15, 0.2) is 94.0 Å². The van der Waals surface area contributed by atoms with Crippen LogP contribution in [0.2, 0.25) is 0 Å². The molecular formula is C36H28FN3O4. The van der Waals surface area contributed by atoms with E-state index in [-0.39, 0.29) is 23.8 Å². The molecule has 3 heterocycles. The lowest BCUT2D eigenvalue weighted by molar-refractivity contribution is 0.0961. The molecule has 1 fully saturated rings. The minimum Gasteiger partial charge on any atom is -0.455 e. The van der Waals surface area contributed by atoms with E-state index in [1.165, 1.54) is 12.1 Å². The Hall–Kier alpha value is -5.24. The molecule has 7 rings (SSSR count). The molecular weight excluding hydrogens is 557 g/mol. The molecule has 0 spiro atoms. The lowest BCUT2D eigenvalue weighted by Crippen LogP contribution is -2.14. The van der Waals surface area contributed by atoms with Gasteiger partial charge in [0.25, 0.3) is 0 Å². The Balaban J connectivity index is 1.21. The van der Waals surface area contributed by atoms with Crippen molar-refractivity contribution in [1.82, 2.24) is 15.1 Å². The Bertz CT molecular complexity index is 2040. The molecule has 0 amide bonds. The molecule has 8 heteroatoms. The molecule has 0 unspecified atom stereocenters. The maximum absolute atomic E-state index is 13.6. The fraction of sp³-hybridized carbons (Fsp3) is 0.194. The first-order valence-electron chi connectivity index (χ1n) is 14.6. The molecule has 0 radical (unpaired) electrons. The molecule has 1 aliphatic carbocycles. The highest BCUT2D eigenvalue weighted by molar-refractivity contribution is 6.12. The van der Waals surface area contributed by atoms with E-state index in [1.54, 1.807) is 25.3 Å². The SMILES string of the molecule is CCC(=O)c1c(-c2ccc(F)cc2)oc2ccc(-c3cc(C(=O)CC4(c5nc(-c6ccccn6)no5)CC4)ccc3C)cc12. The van der Waals surface area contributed by atoms with E-state index < -0.39 is 5.41 Å². The lowest BCUT2D eigenvalue weighted by Gasteiger charge is -2.12. The molecule has 1 saturated carbocycles. The van der Waals surface area contributed by atoms with Crippen LogP contribution in [0.3, 0.4) is 0 Å². The van der Waals surface area contributed by atoms with Crippen LogP contribution in [-0.4, -0.2) is 26.7 Å². The molecule has 0 bridgehead atoms. The Morgan fingerprint density at radius 3 is 2.45 bits per heavy atom. The van der Waals surface area contributed by atoms with Gasteiger partial charge in [0.15, 0.2) is 11.6 Å². The summed E-state index contributed by atoms with van der Waals surface area (Å²) in [6.45, 7) is 3.80. The molecule has 0 atom stereocenters. The van der Waals surface area contributed by atoms with Crippen LogP contribution >= 0.6 is 0 Å². The van der Waals surface area contributed by atoms with Crippen LogP contribution in [0, 0.1) is 12.7 Å². The van der Waals surface area contributed by atoms with Crippen LogP contribution in [0.5, 0.6) is 0 Å². The number of carbonyl (C=O) groups is 2. The van der Waals surface area contributed by atoms with E-state index in [2.05, 4.69) is 15.1 Å². The van der Waals surface area contributed by atoms with Crippen LogP contribution < -0.4 is 0 Å². The number of benzene rings is 3. The summed E-state index contributed by atoms with van der Waals surface area (Å²) >= 11 is 0. The van der Waals surface area contributed by atoms with Crippen molar-refractivity contribution in [3.05, 3.63) is 113 Å². The Morgan fingerprint density at radius 1 is 0.932 bits per heavy atom. The van der Waals surface area contributed by atoms with E-state index in [0.717, 1.165) is 29.5 Å². The third kappa shape index (κ3) is 4.92. The first kappa shape index (κ1) is 27.6. The third-order valence-electron chi connectivity index (χ3n) is 8.39. The number of carbonyl (C=O) groups excluding carboxylic acids is 2. The summed E-state index contributed by atoms with van der Waals surface area (Å²) < 4.78 is 25.4. The largest absolute Gasteiger partial charge is 0.455 e. The number of Topliss-reactive ketones (excluding diaryl/α,β-unsaturated/α-hetero) is 2. The number of nitrogens with zero attached hydrogens (tertiary/aromatic N) is 3. The van der Waals surface area contributed by atoms with Crippen molar-refractivity contribution in [3.63, 3.8) is 0 Å². The number of hydrogen-bond acceptors (Lipinski definition) is 7. The lowest BCUT2D eigenvalue weighted by atomic mass is 9.91. The fourth-order valence-corrected chi connectivity index (χ4v) is 5.69. The van der Waals surface area contributed by atoms with Crippen LogP contribution in [0.25, 0.3) is 44.9 Å². The number of aryl methyl sites for hydroxylation is 1. The zero-order valence-corrected chi connectivity index (χ0v) is 24.3. The molecule has 0 aliphatic heterocycles. The predicted octanol–water partition coefficient (Wildman–Crippen LogP) is 8.56. The van der Waals surface area contributed by atoms with E-state index in [4.69, 9.17) is 8.94 Å². The van der Waals surface area contributed by atoms with Gasteiger partial charge in [-0.3, -0.25) is 14.6 Å². The normalized spacial score (nSPS) is 13.7. The number of aromatic nitrogens is 3. The molecule has 1 aliphatic rings. The molecule has 0 saturated heterocycles. The Morgan fingerprint density at radius 2 is 1.73 bits per heavy atom. The van der Waals surface area contributed by atoms with Gasteiger partial charge in [0.2, 0.25) is 11.7 Å². The van der Waals surface area contributed by atoms with Crippen molar-refractivity contribution in [1.29, 1.82) is 0 Å². The summed E-state index contributed by atoms with van der Waals surface area (Å²) in [5.74, 6) is 0.865. The highest BCUT2D eigenvalue weighted by atomic mass is 19.1. The minimum atomic E-state index is -0.468. The highest BCUT2D eigenvalue weighted by Crippen LogP contribution is 2.51. The third-order valence-corrected chi connectivity index (χ3v) is 8.39. The monoisotopic (exact) mass is 585 g/mol. The summed E-state index contributed by atoms with van der Waals surface area (Å²) in [5, 5.41) is 4.79. The van der Waals surface area contributed by atoms with Crippen LogP contribution in [0.4, 0.5) is 4.39 Å². The molecule has 3 aromatic carbocycles. The van der Waals surface area contributed by atoms with Crippen molar-refractivity contribution < 1.29 is 22.9 Å². The van der Waals surface area contributed by atoms with Gasteiger partial charge in [-0.2, -0.15) is 4.98 Å². The first-order chi connectivity index (χ1) is 21.3. The first-order valence-corrected chi connectivity index (χ1v) is 14.6. The van der Waals surface area contributed by atoms with Crippen molar-refractivity contribution in [3.8, 4) is 34.0 Å². The number of fused-ring (bicyclic) bond motifs is 1. The minimum absolute atomic E-state index is 0.00817. The predicted molar refractivity (Wildman–Crippen MR) is 164 cm³/mol. The molecule has 6 aromatic rings. The molecule has 3 aromatic heterocycles. The zero-order valence-electron chi connectivity index (χ0n) is 24.3. The van der Waals surface area contributed by atoms with Crippen LogP contribution in [-0.2, 0) is 5.41 Å². The fourth-order valence-electron chi connectivity index (χ4n) is 5.69. The summed E-state index contributed by atoms with van der Waals surface area (Å²) in [6.07, 6.45) is 3.82. The second-order valence-corrected chi connectivity index (χ2v) is 11.3. The number of pyridine rings is 1.